The number of ether oxygens (including phenoxy) is 2. The number of hydrogen-bond acceptors (Lipinski definition) is 4. The molecule has 1 saturated heterocycles. The van der Waals surface area contributed by atoms with Crippen molar-refractivity contribution in [3.05, 3.63) is 41.6 Å². The van der Waals surface area contributed by atoms with Crippen LogP contribution < -0.4 is 9.38 Å². The fourth-order valence-electron chi connectivity index (χ4n) is 3.02. The fraction of sp³-hybridized carbons (Fsp3) is 0.353. The zero-order valence-electron chi connectivity index (χ0n) is 12.6. The molecule has 0 spiro atoms. The maximum absolute atomic E-state index is 13.0. The molecule has 0 aromatic heterocycles. The van der Waals surface area contributed by atoms with Crippen LogP contribution in [-0.2, 0) is 9.53 Å². The van der Waals surface area contributed by atoms with Gasteiger partial charge in [0.25, 0.3) is 0 Å². The number of hydroxylamine groups is 2. The molecule has 1 aliphatic heterocycles. The minimum atomic E-state index is -0.431. The molecular formula is C17H19NO4. The molecule has 0 aliphatic carbocycles. The molecule has 0 amide bonds. The highest BCUT2D eigenvalue weighted by Crippen LogP contribution is 2.38. The van der Waals surface area contributed by atoms with Crippen molar-refractivity contribution in [3.8, 4) is 5.75 Å². The summed E-state index contributed by atoms with van der Waals surface area (Å²) >= 11 is 0. The van der Waals surface area contributed by atoms with Crippen LogP contribution in [0.3, 0.4) is 0 Å². The van der Waals surface area contributed by atoms with E-state index < -0.39 is 5.97 Å². The Labute approximate surface area is 129 Å². The molecule has 22 heavy (non-hydrogen) atoms. The van der Waals surface area contributed by atoms with E-state index in [0.717, 1.165) is 29.3 Å². The molecule has 1 fully saturated rings. The van der Waals surface area contributed by atoms with Gasteiger partial charge in [-0.15, -0.1) is 0 Å². The molecule has 1 heterocycles. The second kappa shape index (κ2) is 5.94. The number of fused-ring (bicyclic) bond motifs is 1. The average Bonchev–Trinajstić information content (AvgIpc) is 2.99. The first-order chi connectivity index (χ1) is 10.6. The van der Waals surface area contributed by atoms with Gasteiger partial charge in [-0.2, -0.15) is 0 Å². The van der Waals surface area contributed by atoms with Crippen LogP contribution in [0.25, 0.3) is 10.8 Å². The molecule has 0 atom stereocenters. The Morgan fingerprint density at radius 3 is 2.50 bits per heavy atom. The summed E-state index contributed by atoms with van der Waals surface area (Å²) in [6.45, 7) is 1.09. The fourth-order valence-corrected chi connectivity index (χ4v) is 3.02. The Morgan fingerprint density at radius 1 is 1.14 bits per heavy atom. The van der Waals surface area contributed by atoms with Gasteiger partial charge in [0.1, 0.15) is 11.4 Å². The van der Waals surface area contributed by atoms with Gasteiger partial charge < -0.3 is 19.3 Å². The zero-order valence-corrected chi connectivity index (χ0v) is 12.6. The lowest BCUT2D eigenvalue weighted by Gasteiger charge is -2.38. The second-order valence-corrected chi connectivity index (χ2v) is 5.54. The molecule has 2 aromatic rings. The standard InChI is InChI=1S/C17H19NO4/c1-21-17(19)12-22-16-9-8-15(18(20)10-4-5-11-18)13-6-2-3-7-14(13)16/h2-3,6-9H,4-5,10-12H2,1H3. The lowest BCUT2D eigenvalue weighted by Crippen LogP contribution is -2.39. The van der Waals surface area contributed by atoms with Crippen molar-refractivity contribution in [2.45, 2.75) is 12.8 Å². The third kappa shape index (κ3) is 2.65. The van der Waals surface area contributed by atoms with Crippen molar-refractivity contribution in [1.82, 2.24) is 4.65 Å². The molecule has 1 aliphatic rings. The molecule has 5 heteroatoms. The Kier molecular flexibility index (Phi) is 4.00. The summed E-state index contributed by atoms with van der Waals surface area (Å²) in [5.74, 6) is 0.163. The van der Waals surface area contributed by atoms with Crippen molar-refractivity contribution in [1.29, 1.82) is 0 Å². The first-order valence-electron chi connectivity index (χ1n) is 7.44. The van der Waals surface area contributed by atoms with Gasteiger partial charge in [-0.25, -0.2) is 4.79 Å². The van der Waals surface area contributed by atoms with Crippen molar-refractivity contribution in [2.24, 2.45) is 0 Å². The molecule has 0 unspecified atom stereocenters. The predicted molar refractivity (Wildman–Crippen MR) is 85.6 cm³/mol. The normalized spacial score (nSPS) is 16.6. The SMILES string of the molecule is COC(=O)COc1ccc([N+]2([O-])CCCC2)c2ccccc12. The van der Waals surface area contributed by atoms with Gasteiger partial charge >= 0.3 is 5.97 Å². The van der Waals surface area contributed by atoms with Gasteiger partial charge in [0.2, 0.25) is 0 Å². The summed E-state index contributed by atoms with van der Waals surface area (Å²) in [4.78, 5) is 11.2. The number of carbonyl (C=O) groups excluding carboxylic acids is 1. The number of hydrogen-bond donors (Lipinski definition) is 0. The van der Waals surface area contributed by atoms with Gasteiger partial charge in [0.15, 0.2) is 6.61 Å². The summed E-state index contributed by atoms with van der Waals surface area (Å²) in [5, 5.41) is 14.7. The van der Waals surface area contributed by atoms with Crippen LogP contribution >= 0.6 is 0 Å². The van der Waals surface area contributed by atoms with E-state index in [0.29, 0.717) is 18.8 Å². The van der Waals surface area contributed by atoms with E-state index in [2.05, 4.69) is 4.74 Å². The van der Waals surface area contributed by atoms with E-state index in [-0.39, 0.29) is 11.3 Å². The highest BCUT2D eigenvalue weighted by Gasteiger charge is 2.28. The predicted octanol–water partition coefficient (Wildman–Crippen LogP) is 2.99. The molecule has 116 valence electrons. The van der Waals surface area contributed by atoms with Gasteiger partial charge in [0.05, 0.1) is 20.2 Å². The summed E-state index contributed by atoms with van der Waals surface area (Å²) in [5.41, 5.74) is 0.776. The molecule has 0 saturated carbocycles. The summed E-state index contributed by atoms with van der Waals surface area (Å²) in [6.07, 6.45) is 1.91. The van der Waals surface area contributed by atoms with E-state index in [1.54, 1.807) is 6.07 Å². The van der Waals surface area contributed by atoms with Crippen molar-refractivity contribution in [2.75, 3.05) is 26.8 Å². The first-order valence-corrected chi connectivity index (χ1v) is 7.44. The third-order valence-corrected chi connectivity index (χ3v) is 4.16. The van der Waals surface area contributed by atoms with E-state index in [4.69, 9.17) is 4.74 Å². The van der Waals surface area contributed by atoms with E-state index >= 15 is 0 Å². The highest BCUT2D eigenvalue weighted by molar-refractivity contribution is 5.97. The molecule has 0 radical (unpaired) electrons. The molecule has 3 rings (SSSR count). The average molecular weight is 301 g/mol. The number of methoxy groups -OCH3 is 1. The Hall–Kier alpha value is -2.11. The Balaban J connectivity index is 2.01. The molecule has 0 bridgehead atoms. The van der Waals surface area contributed by atoms with Crippen molar-refractivity contribution >= 4 is 22.4 Å². The van der Waals surface area contributed by atoms with E-state index in [1.807, 2.05) is 30.3 Å². The molecule has 2 aromatic carbocycles. The van der Waals surface area contributed by atoms with Gasteiger partial charge in [-0.3, -0.25) is 0 Å². The Bertz CT molecular complexity index is 692. The second-order valence-electron chi connectivity index (χ2n) is 5.54. The van der Waals surface area contributed by atoms with Crippen molar-refractivity contribution < 1.29 is 14.3 Å². The van der Waals surface area contributed by atoms with Crippen LogP contribution in [0.1, 0.15) is 12.8 Å². The zero-order chi connectivity index (χ0) is 15.6. The summed E-state index contributed by atoms with van der Waals surface area (Å²) in [7, 11) is 1.33. The number of nitrogens with zero attached hydrogens (tertiary/aromatic N) is 1. The molecule has 5 nitrogen and oxygen atoms in total. The summed E-state index contributed by atoms with van der Waals surface area (Å²) in [6, 6.07) is 11.3. The minimum Gasteiger partial charge on any atom is -0.627 e. The van der Waals surface area contributed by atoms with Crippen LogP contribution in [0.15, 0.2) is 36.4 Å². The number of carbonyl (C=O) groups is 1. The lowest BCUT2D eigenvalue weighted by molar-refractivity contribution is -0.142. The first kappa shape index (κ1) is 14.8. The maximum Gasteiger partial charge on any atom is 0.343 e. The number of rotatable bonds is 4. The number of esters is 1. The molecular weight excluding hydrogens is 282 g/mol. The smallest absolute Gasteiger partial charge is 0.343 e. The monoisotopic (exact) mass is 301 g/mol. The molecule has 0 N–H and O–H groups in total. The number of quaternary nitrogens is 1. The van der Waals surface area contributed by atoms with Crippen LogP contribution in [0, 0.1) is 5.21 Å². The van der Waals surface area contributed by atoms with Gasteiger partial charge in [-0.05, 0) is 12.1 Å². The van der Waals surface area contributed by atoms with E-state index in [9.17, 15) is 10.0 Å². The summed E-state index contributed by atoms with van der Waals surface area (Å²) < 4.78 is 9.85. The Morgan fingerprint density at radius 2 is 1.82 bits per heavy atom. The quantitative estimate of drug-likeness (QED) is 0.495. The maximum atomic E-state index is 13.0. The topological polar surface area (TPSA) is 58.6 Å². The number of benzene rings is 2. The largest absolute Gasteiger partial charge is 0.627 e. The van der Waals surface area contributed by atoms with Crippen LogP contribution in [0.2, 0.25) is 0 Å². The van der Waals surface area contributed by atoms with E-state index in [1.165, 1.54) is 7.11 Å². The van der Waals surface area contributed by atoms with Gasteiger partial charge in [0, 0.05) is 29.7 Å². The van der Waals surface area contributed by atoms with Gasteiger partial charge in [-0.1, -0.05) is 18.2 Å². The highest BCUT2D eigenvalue weighted by atomic mass is 16.6. The van der Waals surface area contributed by atoms with Crippen LogP contribution in [-0.4, -0.2) is 32.8 Å². The lowest BCUT2D eigenvalue weighted by atomic mass is 10.1. The minimum absolute atomic E-state index is 0.142. The van der Waals surface area contributed by atoms with Crippen LogP contribution in [0.5, 0.6) is 5.75 Å². The van der Waals surface area contributed by atoms with Crippen LogP contribution in [0.4, 0.5) is 5.69 Å². The van der Waals surface area contributed by atoms with Crippen molar-refractivity contribution in [3.63, 3.8) is 0 Å². The third-order valence-electron chi connectivity index (χ3n) is 4.16.